The second kappa shape index (κ2) is 8.89. The number of nitrogens with zero attached hydrogens (tertiary/aromatic N) is 4. The van der Waals surface area contributed by atoms with Gasteiger partial charge in [-0.2, -0.15) is 0 Å². The van der Waals surface area contributed by atoms with Crippen molar-refractivity contribution in [2.24, 2.45) is 0 Å². The van der Waals surface area contributed by atoms with E-state index in [0.29, 0.717) is 31.3 Å². The van der Waals surface area contributed by atoms with E-state index in [1.165, 1.54) is 0 Å². The van der Waals surface area contributed by atoms with Gasteiger partial charge in [-0.05, 0) is 37.6 Å². The van der Waals surface area contributed by atoms with Crippen LogP contribution in [0.5, 0.6) is 0 Å². The molecule has 3 rings (SSSR count). The molecule has 0 aliphatic carbocycles. The SMILES string of the molecule is CCN(Cc1ccccc1)C(=O)c1cc(C)nc(NCc2ccccn2)n1. The predicted molar refractivity (Wildman–Crippen MR) is 105 cm³/mol. The molecule has 0 saturated carbocycles. The van der Waals surface area contributed by atoms with Crippen molar-refractivity contribution >= 4 is 11.9 Å². The Hall–Kier alpha value is -3.28. The second-order valence-electron chi connectivity index (χ2n) is 6.20. The van der Waals surface area contributed by atoms with Gasteiger partial charge in [0.1, 0.15) is 5.69 Å². The summed E-state index contributed by atoms with van der Waals surface area (Å²) in [5.41, 5.74) is 3.11. The van der Waals surface area contributed by atoms with Crippen molar-refractivity contribution in [3.63, 3.8) is 0 Å². The first kappa shape index (κ1) is 18.5. The summed E-state index contributed by atoms with van der Waals surface area (Å²) in [6.45, 7) is 5.48. The largest absolute Gasteiger partial charge is 0.349 e. The van der Waals surface area contributed by atoms with Gasteiger partial charge in [-0.25, -0.2) is 9.97 Å². The number of rotatable bonds is 7. The number of aromatic nitrogens is 3. The van der Waals surface area contributed by atoms with Crippen molar-refractivity contribution in [3.8, 4) is 0 Å². The molecular weight excluding hydrogens is 338 g/mol. The van der Waals surface area contributed by atoms with Crippen LogP contribution in [0.25, 0.3) is 0 Å². The first-order valence-corrected chi connectivity index (χ1v) is 8.98. The summed E-state index contributed by atoms with van der Waals surface area (Å²) in [5, 5.41) is 3.15. The van der Waals surface area contributed by atoms with E-state index in [0.717, 1.165) is 17.0 Å². The first-order valence-electron chi connectivity index (χ1n) is 8.98. The molecule has 138 valence electrons. The van der Waals surface area contributed by atoms with E-state index >= 15 is 0 Å². The van der Waals surface area contributed by atoms with E-state index in [2.05, 4.69) is 20.3 Å². The lowest BCUT2D eigenvalue weighted by molar-refractivity contribution is 0.0746. The Labute approximate surface area is 159 Å². The highest BCUT2D eigenvalue weighted by Gasteiger charge is 2.17. The zero-order valence-corrected chi connectivity index (χ0v) is 15.6. The van der Waals surface area contributed by atoms with Crippen molar-refractivity contribution in [1.29, 1.82) is 0 Å². The summed E-state index contributed by atoms with van der Waals surface area (Å²) in [7, 11) is 0. The minimum Gasteiger partial charge on any atom is -0.349 e. The number of benzene rings is 1. The lowest BCUT2D eigenvalue weighted by Gasteiger charge is -2.21. The number of anilines is 1. The van der Waals surface area contributed by atoms with Gasteiger partial charge in [-0.1, -0.05) is 36.4 Å². The molecule has 1 aromatic carbocycles. The maximum atomic E-state index is 13.0. The Morgan fingerprint density at radius 3 is 2.56 bits per heavy atom. The van der Waals surface area contributed by atoms with Crippen molar-refractivity contribution in [2.75, 3.05) is 11.9 Å². The highest BCUT2D eigenvalue weighted by Crippen LogP contribution is 2.12. The molecule has 0 atom stereocenters. The number of carbonyl (C=O) groups excluding carboxylic acids is 1. The molecule has 0 spiro atoms. The molecule has 1 N–H and O–H groups in total. The second-order valence-corrected chi connectivity index (χ2v) is 6.20. The molecule has 6 nitrogen and oxygen atoms in total. The summed E-state index contributed by atoms with van der Waals surface area (Å²) in [6.07, 6.45) is 1.74. The molecule has 27 heavy (non-hydrogen) atoms. The van der Waals surface area contributed by atoms with Gasteiger partial charge in [0.05, 0.1) is 12.2 Å². The number of amides is 1. The maximum absolute atomic E-state index is 13.0. The third-order valence-corrected chi connectivity index (χ3v) is 4.11. The lowest BCUT2D eigenvalue weighted by atomic mass is 10.2. The molecule has 0 radical (unpaired) electrons. The van der Waals surface area contributed by atoms with E-state index in [4.69, 9.17) is 0 Å². The monoisotopic (exact) mass is 361 g/mol. The van der Waals surface area contributed by atoms with Gasteiger partial charge < -0.3 is 10.2 Å². The van der Waals surface area contributed by atoms with Crippen molar-refractivity contribution in [1.82, 2.24) is 19.9 Å². The van der Waals surface area contributed by atoms with Gasteiger partial charge in [-0.3, -0.25) is 9.78 Å². The number of pyridine rings is 1. The van der Waals surface area contributed by atoms with E-state index in [1.54, 1.807) is 17.2 Å². The van der Waals surface area contributed by atoms with Crippen LogP contribution in [0.2, 0.25) is 0 Å². The van der Waals surface area contributed by atoms with Crippen LogP contribution in [0.1, 0.15) is 34.4 Å². The zero-order valence-electron chi connectivity index (χ0n) is 15.6. The maximum Gasteiger partial charge on any atom is 0.272 e. The minimum atomic E-state index is -0.104. The molecule has 6 heteroatoms. The summed E-state index contributed by atoms with van der Waals surface area (Å²) in [6, 6.07) is 17.4. The molecule has 0 fully saturated rings. The van der Waals surface area contributed by atoms with E-state index < -0.39 is 0 Å². The number of hydrogen-bond donors (Lipinski definition) is 1. The Balaban J connectivity index is 1.74. The summed E-state index contributed by atoms with van der Waals surface area (Å²) >= 11 is 0. The smallest absolute Gasteiger partial charge is 0.272 e. The van der Waals surface area contributed by atoms with E-state index in [9.17, 15) is 4.79 Å². The van der Waals surface area contributed by atoms with Gasteiger partial charge in [-0.15, -0.1) is 0 Å². The Kier molecular flexibility index (Phi) is 6.10. The fraction of sp³-hybridized carbons (Fsp3) is 0.238. The van der Waals surface area contributed by atoms with Crippen LogP contribution in [0, 0.1) is 6.92 Å². The Morgan fingerprint density at radius 1 is 1.07 bits per heavy atom. The van der Waals surface area contributed by atoms with Crippen LogP contribution in [0.3, 0.4) is 0 Å². The molecule has 1 amide bonds. The number of carbonyl (C=O) groups is 1. The van der Waals surface area contributed by atoms with Gasteiger partial charge >= 0.3 is 0 Å². The zero-order chi connectivity index (χ0) is 19.1. The minimum absolute atomic E-state index is 0.104. The average molecular weight is 361 g/mol. The standard InChI is InChI=1S/C21H23N5O/c1-3-26(15-17-9-5-4-6-10-17)20(27)19-13-16(2)24-21(25-19)23-14-18-11-7-8-12-22-18/h4-13H,3,14-15H2,1-2H3,(H,23,24,25). The fourth-order valence-corrected chi connectivity index (χ4v) is 2.72. The Bertz CT molecular complexity index is 884. The third kappa shape index (κ3) is 5.10. The van der Waals surface area contributed by atoms with Gasteiger partial charge in [0.15, 0.2) is 0 Å². The lowest BCUT2D eigenvalue weighted by Crippen LogP contribution is -2.31. The summed E-state index contributed by atoms with van der Waals surface area (Å²) in [4.78, 5) is 27.8. The predicted octanol–water partition coefficient (Wildman–Crippen LogP) is 3.45. The number of nitrogens with one attached hydrogen (secondary N) is 1. The van der Waals surface area contributed by atoms with Crippen LogP contribution >= 0.6 is 0 Å². The number of aryl methyl sites for hydroxylation is 1. The molecule has 0 saturated heterocycles. The van der Waals surface area contributed by atoms with Crippen molar-refractivity contribution in [3.05, 3.63) is 83.4 Å². The summed E-state index contributed by atoms with van der Waals surface area (Å²) < 4.78 is 0. The molecule has 2 heterocycles. The van der Waals surface area contributed by atoms with Crippen LogP contribution in [0.4, 0.5) is 5.95 Å². The van der Waals surface area contributed by atoms with Crippen molar-refractivity contribution in [2.45, 2.75) is 26.9 Å². The molecule has 0 bridgehead atoms. The van der Waals surface area contributed by atoms with Gasteiger partial charge in [0, 0.05) is 25.0 Å². The third-order valence-electron chi connectivity index (χ3n) is 4.11. The average Bonchev–Trinajstić information content (AvgIpc) is 2.71. The van der Waals surface area contributed by atoms with Crippen LogP contribution in [-0.4, -0.2) is 32.3 Å². The topological polar surface area (TPSA) is 71.0 Å². The molecule has 3 aromatic rings. The fourth-order valence-electron chi connectivity index (χ4n) is 2.72. The molecule has 0 unspecified atom stereocenters. The first-order chi connectivity index (χ1) is 13.2. The Morgan fingerprint density at radius 2 is 1.85 bits per heavy atom. The highest BCUT2D eigenvalue weighted by atomic mass is 16.2. The highest BCUT2D eigenvalue weighted by molar-refractivity contribution is 5.92. The molecule has 0 aliphatic heterocycles. The van der Waals surface area contributed by atoms with Crippen molar-refractivity contribution < 1.29 is 4.79 Å². The molecule has 0 aliphatic rings. The molecular formula is C21H23N5O. The van der Waals surface area contributed by atoms with Gasteiger partial charge in [0.2, 0.25) is 5.95 Å². The normalized spacial score (nSPS) is 10.4. The number of hydrogen-bond acceptors (Lipinski definition) is 5. The van der Waals surface area contributed by atoms with Crippen LogP contribution < -0.4 is 5.32 Å². The summed E-state index contributed by atoms with van der Waals surface area (Å²) in [5.74, 6) is 0.326. The van der Waals surface area contributed by atoms with E-state index in [-0.39, 0.29) is 5.91 Å². The molecule has 2 aromatic heterocycles. The van der Waals surface area contributed by atoms with Crippen LogP contribution in [0.15, 0.2) is 60.8 Å². The van der Waals surface area contributed by atoms with E-state index in [1.807, 2.05) is 62.4 Å². The van der Waals surface area contributed by atoms with Crippen LogP contribution in [-0.2, 0) is 13.1 Å². The quantitative estimate of drug-likeness (QED) is 0.698. The van der Waals surface area contributed by atoms with Gasteiger partial charge in [0.25, 0.3) is 5.91 Å².